The summed E-state index contributed by atoms with van der Waals surface area (Å²) in [7, 11) is 1.62. The molecule has 2 atom stereocenters. The Morgan fingerprint density at radius 2 is 1.83 bits per heavy atom. The van der Waals surface area contributed by atoms with Crippen LogP contribution in [0.1, 0.15) is 28.8 Å². The van der Waals surface area contributed by atoms with Crippen molar-refractivity contribution in [1.29, 1.82) is 0 Å². The number of rotatable bonds is 5. The number of aryl methyl sites for hydroxylation is 2. The van der Waals surface area contributed by atoms with Crippen molar-refractivity contribution in [3.05, 3.63) is 89.6 Å². The van der Waals surface area contributed by atoms with Gasteiger partial charge in [-0.25, -0.2) is 4.98 Å². The molecule has 2 aromatic carbocycles. The second kappa shape index (κ2) is 11.0. The fourth-order valence-corrected chi connectivity index (χ4v) is 5.75. The van der Waals surface area contributed by atoms with Gasteiger partial charge in [0, 0.05) is 43.9 Å². The Kier molecular flexibility index (Phi) is 7.53. The first-order chi connectivity index (χ1) is 19.9. The van der Waals surface area contributed by atoms with Crippen molar-refractivity contribution >= 4 is 40.6 Å². The summed E-state index contributed by atoms with van der Waals surface area (Å²) in [5, 5.41) is 2.71. The zero-order chi connectivity index (χ0) is 30.3. The molecule has 3 amide bonds. The van der Waals surface area contributed by atoms with E-state index in [1.807, 2.05) is 37.3 Å². The minimum absolute atomic E-state index is 0.0224. The van der Waals surface area contributed by atoms with Gasteiger partial charge in [0.1, 0.15) is 11.9 Å². The monoisotopic (exact) mass is 577 g/mol. The number of para-hydroxylation sites is 1. The van der Waals surface area contributed by atoms with E-state index in [1.54, 1.807) is 19.2 Å². The molecular weight excluding hydrogens is 547 g/mol. The number of anilines is 4. The first kappa shape index (κ1) is 28.8. The van der Waals surface area contributed by atoms with Gasteiger partial charge < -0.3 is 15.1 Å². The number of fused-ring (bicyclic) bond motifs is 2. The molecule has 5 rings (SSSR count). The van der Waals surface area contributed by atoms with Gasteiger partial charge in [-0.05, 0) is 61.4 Å². The number of benzene rings is 2. The van der Waals surface area contributed by atoms with Crippen molar-refractivity contribution in [2.45, 2.75) is 39.0 Å². The van der Waals surface area contributed by atoms with Crippen LogP contribution in [0.3, 0.4) is 0 Å². The summed E-state index contributed by atoms with van der Waals surface area (Å²) in [4.78, 5) is 48.0. The third kappa shape index (κ3) is 5.46. The smallest absolute Gasteiger partial charge is 0.365 e. The molecule has 42 heavy (non-hydrogen) atoms. The van der Waals surface area contributed by atoms with E-state index in [4.69, 9.17) is 0 Å². The van der Waals surface area contributed by atoms with Crippen LogP contribution in [-0.4, -0.2) is 42.3 Å². The molecule has 218 valence electrons. The number of carbonyl (C=O) groups excluding carboxylic acids is 3. The Bertz CT molecular complexity index is 1570. The number of carbonyl (C=O) groups is 3. The van der Waals surface area contributed by atoms with Gasteiger partial charge in [-0.2, -0.15) is 13.2 Å². The van der Waals surface area contributed by atoms with Gasteiger partial charge in [0.15, 0.2) is 0 Å². The van der Waals surface area contributed by atoms with Crippen LogP contribution in [0.4, 0.5) is 36.1 Å². The highest BCUT2D eigenvalue weighted by molar-refractivity contribution is 6.10. The summed E-state index contributed by atoms with van der Waals surface area (Å²) in [6.07, 6.45) is -3.47. The molecule has 0 aliphatic carbocycles. The number of halogens is 3. The molecule has 0 bridgehead atoms. The SMILES string of the molecule is C=CC(=O)Nc1ccc(CN2C[C@H]3CC(=O)N(c4cc(C(F)(F)F)cc(C)n4)[C@@H]3C(=O)N(C)c3cccc(C)c32)cc1. The molecule has 2 aliphatic rings. The first-order valence-corrected chi connectivity index (χ1v) is 13.4. The maximum Gasteiger partial charge on any atom is 0.416 e. The van der Waals surface area contributed by atoms with E-state index in [0.29, 0.717) is 24.5 Å². The molecule has 2 aliphatic heterocycles. The first-order valence-electron chi connectivity index (χ1n) is 13.4. The lowest BCUT2D eigenvalue weighted by Gasteiger charge is -2.39. The van der Waals surface area contributed by atoms with E-state index in [1.165, 1.54) is 17.9 Å². The molecule has 1 fully saturated rings. The number of nitrogens with zero attached hydrogens (tertiary/aromatic N) is 4. The molecule has 1 saturated heterocycles. The number of aromatic nitrogens is 1. The van der Waals surface area contributed by atoms with Crippen LogP contribution in [0.5, 0.6) is 0 Å². The molecule has 0 unspecified atom stereocenters. The van der Waals surface area contributed by atoms with Gasteiger partial charge in [-0.1, -0.05) is 30.8 Å². The molecule has 0 radical (unpaired) electrons. The number of pyridine rings is 1. The van der Waals surface area contributed by atoms with Crippen LogP contribution in [0.15, 0.2) is 67.3 Å². The number of likely N-dealkylation sites (N-methyl/N-ethyl adjacent to an activating group) is 1. The zero-order valence-electron chi connectivity index (χ0n) is 23.4. The number of alkyl halides is 3. The van der Waals surface area contributed by atoms with Crippen LogP contribution >= 0.6 is 0 Å². The van der Waals surface area contributed by atoms with E-state index in [2.05, 4.69) is 21.8 Å². The predicted octanol–water partition coefficient (Wildman–Crippen LogP) is 5.25. The molecule has 3 heterocycles. The van der Waals surface area contributed by atoms with E-state index < -0.39 is 35.5 Å². The van der Waals surface area contributed by atoms with Crippen LogP contribution in [0, 0.1) is 19.8 Å². The van der Waals surface area contributed by atoms with Crippen LogP contribution in [0.2, 0.25) is 0 Å². The topological polar surface area (TPSA) is 85.9 Å². The number of hydrogen-bond acceptors (Lipinski definition) is 5. The number of amides is 3. The lowest BCUT2D eigenvalue weighted by atomic mass is 9.94. The summed E-state index contributed by atoms with van der Waals surface area (Å²) in [5.41, 5.74) is 3.08. The molecule has 11 heteroatoms. The summed E-state index contributed by atoms with van der Waals surface area (Å²) < 4.78 is 41.0. The van der Waals surface area contributed by atoms with Crippen molar-refractivity contribution < 1.29 is 27.6 Å². The zero-order valence-corrected chi connectivity index (χ0v) is 23.4. The largest absolute Gasteiger partial charge is 0.416 e. The number of hydrogen-bond donors (Lipinski definition) is 1. The quantitative estimate of drug-likeness (QED) is 0.419. The van der Waals surface area contributed by atoms with E-state index in [9.17, 15) is 27.6 Å². The second-order valence-electron chi connectivity index (χ2n) is 10.6. The maximum atomic E-state index is 14.0. The minimum Gasteiger partial charge on any atom is -0.365 e. The van der Waals surface area contributed by atoms with Gasteiger partial charge in [0.2, 0.25) is 17.7 Å². The lowest BCUT2D eigenvalue weighted by molar-refractivity contribution is -0.137. The highest BCUT2D eigenvalue weighted by atomic mass is 19.4. The van der Waals surface area contributed by atoms with Crippen LogP contribution < -0.4 is 20.0 Å². The van der Waals surface area contributed by atoms with Crippen molar-refractivity contribution in [1.82, 2.24) is 4.98 Å². The second-order valence-corrected chi connectivity index (χ2v) is 10.6. The Labute approximate surface area is 241 Å². The van der Waals surface area contributed by atoms with E-state index in [0.717, 1.165) is 33.8 Å². The predicted molar refractivity (Wildman–Crippen MR) is 154 cm³/mol. The van der Waals surface area contributed by atoms with Gasteiger partial charge in [-0.15, -0.1) is 0 Å². The molecule has 0 spiro atoms. The molecule has 3 aromatic rings. The minimum atomic E-state index is -4.64. The average Bonchev–Trinajstić information content (AvgIpc) is 3.26. The molecule has 8 nitrogen and oxygen atoms in total. The molecule has 0 saturated carbocycles. The van der Waals surface area contributed by atoms with E-state index >= 15 is 0 Å². The lowest BCUT2D eigenvalue weighted by Crippen LogP contribution is -2.52. The van der Waals surface area contributed by atoms with Gasteiger partial charge >= 0.3 is 6.18 Å². The van der Waals surface area contributed by atoms with Crippen LogP contribution in [0.25, 0.3) is 0 Å². The Morgan fingerprint density at radius 3 is 2.50 bits per heavy atom. The Hall–Kier alpha value is -4.67. The fourth-order valence-electron chi connectivity index (χ4n) is 5.75. The van der Waals surface area contributed by atoms with Gasteiger partial charge in [0.25, 0.3) is 0 Å². The van der Waals surface area contributed by atoms with E-state index in [-0.39, 0.29) is 23.8 Å². The Morgan fingerprint density at radius 1 is 1.12 bits per heavy atom. The third-order valence-corrected chi connectivity index (χ3v) is 7.66. The summed E-state index contributed by atoms with van der Waals surface area (Å²) in [5.74, 6) is -1.87. The molecule has 1 N–H and O–H groups in total. The summed E-state index contributed by atoms with van der Waals surface area (Å²) >= 11 is 0. The highest BCUT2D eigenvalue weighted by Crippen LogP contribution is 2.42. The average molecular weight is 578 g/mol. The van der Waals surface area contributed by atoms with Crippen molar-refractivity contribution in [3.63, 3.8) is 0 Å². The van der Waals surface area contributed by atoms with Crippen LogP contribution in [-0.2, 0) is 27.1 Å². The van der Waals surface area contributed by atoms with Gasteiger partial charge in [0.05, 0.1) is 16.9 Å². The number of nitrogens with one attached hydrogen (secondary N) is 1. The maximum absolute atomic E-state index is 14.0. The van der Waals surface area contributed by atoms with Crippen molar-refractivity contribution in [3.8, 4) is 0 Å². The third-order valence-electron chi connectivity index (χ3n) is 7.66. The van der Waals surface area contributed by atoms with Gasteiger partial charge in [-0.3, -0.25) is 19.3 Å². The molecule has 1 aromatic heterocycles. The fraction of sp³-hybridized carbons (Fsp3) is 0.290. The Balaban J connectivity index is 1.55. The summed E-state index contributed by atoms with van der Waals surface area (Å²) in [6, 6.07) is 13.6. The summed E-state index contributed by atoms with van der Waals surface area (Å²) in [6.45, 7) is 7.56. The highest BCUT2D eigenvalue weighted by Gasteiger charge is 2.49. The molecular formula is C31H30F3N5O3. The van der Waals surface area contributed by atoms with Crippen molar-refractivity contribution in [2.24, 2.45) is 5.92 Å². The standard InChI is InChI=1S/C31H30F3N5O3/c1-5-26(40)36-23-11-9-20(10-12-23)16-38-17-21-14-27(41)39(25-15-22(31(32,33)34)13-19(3)35-25)29(21)30(42)37(4)24-8-6-7-18(2)28(24)38/h5-13,15,21,29H,1,14,16-17H2,2-4H3,(H,36,40)/t21-,29+/m1/s1. The van der Waals surface area contributed by atoms with Crippen molar-refractivity contribution in [2.75, 3.05) is 33.6 Å². The normalized spacial score (nSPS) is 18.8.